The summed E-state index contributed by atoms with van der Waals surface area (Å²) in [4.78, 5) is 34.6. The number of unbranched alkanes of at least 4 members (excludes halogenated alkanes) is 7. The van der Waals surface area contributed by atoms with Gasteiger partial charge < -0.3 is 10.1 Å². The van der Waals surface area contributed by atoms with Crippen molar-refractivity contribution in [3.05, 3.63) is 0 Å². The van der Waals surface area contributed by atoms with Crippen LogP contribution in [0.2, 0.25) is 0 Å². The zero-order valence-electron chi connectivity index (χ0n) is 13.7. The number of Topliss-reactive ketones (excluding diaryl/α,β-unsaturated/α-hetero) is 1. The first kappa shape index (κ1) is 18.7. The molecule has 0 aromatic carbocycles. The van der Waals surface area contributed by atoms with Crippen molar-refractivity contribution in [1.82, 2.24) is 5.32 Å². The molecule has 0 radical (unpaired) electrons. The second-order valence-corrected chi connectivity index (χ2v) is 6.02. The molecular weight excluding hydrogens is 282 g/mol. The Bertz CT molecular complexity index is 368. The van der Waals surface area contributed by atoms with Crippen LogP contribution >= 0.6 is 0 Å². The first-order valence-electron chi connectivity index (χ1n) is 8.61. The molecule has 0 aromatic heterocycles. The smallest absolute Gasteiger partial charge is 0.328 e. The zero-order valence-corrected chi connectivity index (χ0v) is 13.7. The van der Waals surface area contributed by atoms with E-state index in [0.29, 0.717) is 19.4 Å². The van der Waals surface area contributed by atoms with Crippen LogP contribution in [0.1, 0.15) is 77.6 Å². The van der Waals surface area contributed by atoms with Crippen LogP contribution in [0.4, 0.5) is 0 Å². The van der Waals surface area contributed by atoms with Gasteiger partial charge >= 0.3 is 5.97 Å². The van der Waals surface area contributed by atoms with Crippen LogP contribution in [0.15, 0.2) is 0 Å². The number of ether oxygens (including phenoxy) is 1. The first-order valence-corrected chi connectivity index (χ1v) is 8.61. The van der Waals surface area contributed by atoms with Gasteiger partial charge in [0.15, 0.2) is 0 Å². The molecule has 1 amide bonds. The predicted molar refractivity (Wildman–Crippen MR) is 84.4 cm³/mol. The van der Waals surface area contributed by atoms with Gasteiger partial charge in [-0.1, -0.05) is 51.9 Å². The predicted octanol–water partition coefficient (Wildman–Crippen LogP) is 2.91. The molecule has 1 heterocycles. The minimum Gasteiger partial charge on any atom is -0.464 e. The lowest BCUT2D eigenvalue weighted by molar-refractivity contribution is -0.142. The Morgan fingerprint density at radius 1 is 1.09 bits per heavy atom. The van der Waals surface area contributed by atoms with Crippen molar-refractivity contribution in [2.45, 2.75) is 83.6 Å². The van der Waals surface area contributed by atoms with Gasteiger partial charge in [-0.05, 0) is 6.42 Å². The molecule has 5 nitrogen and oxygen atoms in total. The third kappa shape index (κ3) is 8.15. The summed E-state index contributed by atoms with van der Waals surface area (Å²) in [7, 11) is 0. The molecule has 0 saturated carbocycles. The largest absolute Gasteiger partial charge is 0.464 e. The summed E-state index contributed by atoms with van der Waals surface area (Å²) in [5.74, 6) is -0.813. The lowest BCUT2D eigenvalue weighted by Crippen LogP contribution is -2.38. The van der Waals surface area contributed by atoms with E-state index >= 15 is 0 Å². The number of rotatable bonds is 12. The van der Waals surface area contributed by atoms with Crippen molar-refractivity contribution in [1.29, 1.82) is 0 Å². The Morgan fingerprint density at radius 3 is 2.32 bits per heavy atom. The summed E-state index contributed by atoms with van der Waals surface area (Å²) < 4.78 is 4.76. The van der Waals surface area contributed by atoms with E-state index in [2.05, 4.69) is 12.2 Å². The number of esters is 1. The van der Waals surface area contributed by atoms with Gasteiger partial charge in [0.05, 0.1) is 13.0 Å². The van der Waals surface area contributed by atoms with Gasteiger partial charge in [-0.15, -0.1) is 0 Å². The number of ketones is 1. The normalized spacial score (nSPS) is 17.3. The topological polar surface area (TPSA) is 72.5 Å². The molecule has 126 valence electrons. The van der Waals surface area contributed by atoms with Gasteiger partial charge in [0.2, 0.25) is 5.91 Å². The number of cyclic esters (lactones) is 1. The highest BCUT2D eigenvalue weighted by atomic mass is 16.5. The summed E-state index contributed by atoms with van der Waals surface area (Å²) in [5.41, 5.74) is 0. The second-order valence-electron chi connectivity index (χ2n) is 6.02. The van der Waals surface area contributed by atoms with E-state index in [4.69, 9.17) is 4.74 Å². The van der Waals surface area contributed by atoms with Crippen molar-refractivity contribution < 1.29 is 19.1 Å². The molecule has 0 spiro atoms. The Labute approximate surface area is 133 Å². The number of amides is 1. The molecule has 1 unspecified atom stereocenters. The Balaban J connectivity index is 1.98. The van der Waals surface area contributed by atoms with Gasteiger partial charge in [-0.3, -0.25) is 9.59 Å². The molecule has 1 rings (SSSR count). The molecule has 0 aliphatic carbocycles. The molecule has 1 fully saturated rings. The molecule has 1 atom stereocenters. The monoisotopic (exact) mass is 311 g/mol. The van der Waals surface area contributed by atoms with Crippen molar-refractivity contribution in [3.8, 4) is 0 Å². The molecule has 1 aliphatic rings. The molecule has 0 bridgehead atoms. The average Bonchev–Trinajstić information content (AvgIpc) is 2.87. The minimum absolute atomic E-state index is 0.0464. The number of carbonyl (C=O) groups excluding carboxylic acids is 3. The molecule has 22 heavy (non-hydrogen) atoms. The summed E-state index contributed by atoms with van der Waals surface area (Å²) in [6.07, 6.45) is 10.3. The van der Waals surface area contributed by atoms with Crippen molar-refractivity contribution in [2.24, 2.45) is 0 Å². The van der Waals surface area contributed by atoms with E-state index in [1.165, 1.54) is 32.1 Å². The quantitative estimate of drug-likeness (QED) is 0.342. The van der Waals surface area contributed by atoms with E-state index in [9.17, 15) is 14.4 Å². The van der Waals surface area contributed by atoms with Crippen molar-refractivity contribution in [2.75, 3.05) is 6.61 Å². The fourth-order valence-corrected chi connectivity index (χ4v) is 2.60. The first-order chi connectivity index (χ1) is 10.6. The van der Waals surface area contributed by atoms with Crippen molar-refractivity contribution in [3.63, 3.8) is 0 Å². The summed E-state index contributed by atoms with van der Waals surface area (Å²) in [6.45, 7) is 2.55. The van der Waals surface area contributed by atoms with E-state index in [1.54, 1.807) is 0 Å². The van der Waals surface area contributed by atoms with Crippen LogP contribution in [-0.2, 0) is 19.1 Å². The van der Waals surface area contributed by atoms with Crippen LogP contribution in [0.3, 0.4) is 0 Å². The SMILES string of the molecule is CCCCCCCCCCC(=O)CC(=O)NC1CCOC1=O. The maximum absolute atomic E-state index is 11.7. The van der Waals surface area contributed by atoms with E-state index in [-0.39, 0.29) is 18.1 Å². The van der Waals surface area contributed by atoms with E-state index < -0.39 is 12.0 Å². The number of nitrogens with one attached hydrogen (secondary N) is 1. The van der Waals surface area contributed by atoms with Crippen molar-refractivity contribution >= 4 is 17.7 Å². The third-order valence-electron chi connectivity index (χ3n) is 3.94. The van der Waals surface area contributed by atoms with Crippen LogP contribution < -0.4 is 5.32 Å². The highest BCUT2D eigenvalue weighted by Gasteiger charge is 2.28. The van der Waals surface area contributed by atoms with E-state index in [1.807, 2.05) is 0 Å². The Morgan fingerprint density at radius 2 is 1.73 bits per heavy atom. The molecule has 0 aromatic rings. The molecule has 1 saturated heterocycles. The maximum Gasteiger partial charge on any atom is 0.328 e. The lowest BCUT2D eigenvalue weighted by Gasteiger charge is -2.08. The van der Waals surface area contributed by atoms with Gasteiger partial charge in [-0.2, -0.15) is 0 Å². The lowest BCUT2D eigenvalue weighted by atomic mass is 10.0. The molecule has 5 heteroatoms. The fourth-order valence-electron chi connectivity index (χ4n) is 2.60. The van der Waals surface area contributed by atoms with Gasteiger partial charge in [-0.25, -0.2) is 4.79 Å². The fraction of sp³-hybridized carbons (Fsp3) is 0.824. The average molecular weight is 311 g/mol. The minimum atomic E-state index is -0.566. The number of hydrogen-bond donors (Lipinski definition) is 1. The molecular formula is C17H29NO4. The van der Waals surface area contributed by atoms with E-state index in [0.717, 1.165) is 19.3 Å². The third-order valence-corrected chi connectivity index (χ3v) is 3.94. The van der Waals surface area contributed by atoms with Gasteiger partial charge in [0.25, 0.3) is 0 Å². The van der Waals surface area contributed by atoms with Crippen LogP contribution in [0.25, 0.3) is 0 Å². The molecule has 1 N–H and O–H groups in total. The summed E-state index contributed by atoms with van der Waals surface area (Å²) in [6, 6.07) is -0.566. The highest BCUT2D eigenvalue weighted by molar-refractivity contribution is 5.99. The summed E-state index contributed by atoms with van der Waals surface area (Å²) >= 11 is 0. The van der Waals surface area contributed by atoms with Gasteiger partial charge in [0, 0.05) is 12.8 Å². The standard InChI is InChI=1S/C17H29NO4/c1-2-3-4-5-6-7-8-9-10-14(19)13-16(20)18-15-11-12-22-17(15)21/h15H,2-13H2,1H3,(H,18,20). The maximum atomic E-state index is 11.7. The Kier molecular flexibility index (Phi) is 9.51. The van der Waals surface area contributed by atoms with Crippen LogP contribution in [-0.4, -0.2) is 30.3 Å². The molecule has 1 aliphatic heterocycles. The number of hydrogen-bond acceptors (Lipinski definition) is 4. The second kappa shape index (κ2) is 11.2. The number of carbonyl (C=O) groups is 3. The Hall–Kier alpha value is -1.39. The van der Waals surface area contributed by atoms with Gasteiger partial charge in [0.1, 0.15) is 11.8 Å². The van der Waals surface area contributed by atoms with Crippen LogP contribution in [0, 0.1) is 0 Å². The zero-order chi connectivity index (χ0) is 16.2. The summed E-state index contributed by atoms with van der Waals surface area (Å²) in [5, 5.41) is 2.56. The highest BCUT2D eigenvalue weighted by Crippen LogP contribution is 2.10. The van der Waals surface area contributed by atoms with Crippen LogP contribution in [0.5, 0.6) is 0 Å².